The molecule has 0 saturated heterocycles. The summed E-state index contributed by atoms with van der Waals surface area (Å²) in [7, 11) is 0. The fraction of sp³-hybridized carbons (Fsp3) is 0.353. The molecule has 0 fully saturated rings. The Labute approximate surface area is 134 Å². The third-order valence-electron chi connectivity index (χ3n) is 3.99. The number of hydrogen-bond donors (Lipinski definition) is 1. The SMILES string of the molecule is Cc1ccc(NC(=O)c2csc3c2CCCCC3)cc1Cl. The lowest BCUT2D eigenvalue weighted by Crippen LogP contribution is -2.13. The first-order valence-corrected chi connectivity index (χ1v) is 8.57. The Bertz CT molecular complexity index is 677. The topological polar surface area (TPSA) is 29.1 Å². The minimum absolute atomic E-state index is 0.0191. The van der Waals surface area contributed by atoms with Crippen LogP contribution in [-0.2, 0) is 12.8 Å². The van der Waals surface area contributed by atoms with Crippen molar-refractivity contribution >= 4 is 34.5 Å². The van der Waals surface area contributed by atoms with Crippen molar-refractivity contribution in [1.29, 1.82) is 0 Å². The fourth-order valence-electron chi connectivity index (χ4n) is 2.73. The number of benzene rings is 1. The largest absolute Gasteiger partial charge is 0.322 e. The molecule has 1 aromatic carbocycles. The van der Waals surface area contributed by atoms with Crippen LogP contribution in [0.25, 0.3) is 0 Å². The number of halogens is 1. The zero-order valence-corrected chi connectivity index (χ0v) is 13.6. The summed E-state index contributed by atoms with van der Waals surface area (Å²) in [6.45, 7) is 1.95. The molecule has 0 spiro atoms. The van der Waals surface area contributed by atoms with Gasteiger partial charge in [0.25, 0.3) is 5.91 Å². The molecule has 110 valence electrons. The van der Waals surface area contributed by atoms with Crippen molar-refractivity contribution in [2.75, 3.05) is 5.32 Å². The minimum Gasteiger partial charge on any atom is -0.322 e. The standard InChI is InChI=1S/C17H18ClNOS/c1-11-7-8-12(9-15(11)18)19-17(20)14-10-21-16-6-4-2-3-5-13(14)16/h7-10H,2-6H2,1H3,(H,19,20). The molecular formula is C17H18ClNOS. The average Bonchev–Trinajstić information content (AvgIpc) is 2.72. The van der Waals surface area contributed by atoms with Crippen molar-refractivity contribution in [3.8, 4) is 0 Å². The second kappa shape index (κ2) is 6.20. The highest BCUT2D eigenvalue weighted by atomic mass is 35.5. The lowest BCUT2D eigenvalue weighted by molar-refractivity contribution is 0.102. The van der Waals surface area contributed by atoms with Gasteiger partial charge in [0.2, 0.25) is 0 Å². The lowest BCUT2D eigenvalue weighted by atomic mass is 10.1. The highest BCUT2D eigenvalue weighted by molar-refractivity contribution is 7.10. The van der Waals surface area contributed by atoms with E-state index < -0.39 is 0 Å². The van der Waals surface area contributed by atoms with Gasteiger partial charge in [-0.2, -0.15) is 0 Å². The van der Waals surface area contributed by atoms with Crippen LogP contribution in [0.15, 0.2) is 23.6 Å². The molecule has 4 heteroatoms. The predicted molar refractivity (Wildman–Crippen MR) is 89.7 cm³/mol. The summed E-state index contributed by atoms with van der Waals surface area (Å²) in [5, 5.41) is 5.65. The molecule has 1 aliphatic rings. The van der Waals surface area contributed by atoms with E-state index in [0.29, 0.717) is 5.02 Å². The van der Waals surface area contributed by atoms with Crippen LogP contribution in [0.2, 0.25) is 5.02 Å². The van der Waals surface area contributed by atoms with E-state index in [1.54, 1.807) is 17.4 Å². The summed E-state index contributed by atoms with van der Waals surface area (Å²) in [5.74, 6) is -0.0191. The molecule has 0 atom stereocenters. The van der Waals surface area contributed by atoms with Crippen molar-refractivity contribution in [2.24, 2.45) is 0 Å². The van der Waals surface area contributed by atoms with Crippen molar-refractivity contribution in [1.82, 2.24) is 0 Å². The van der Waals surface area contributed by atoms with Crippen LogP contribution in [0, 0.1) is 6.92 Å². The molecule has 1 heterocycles. The third-order valence-corrected chi connectivity index (χ3v) is 5.48. The van der Waals surface area contributed by atoms with Gasteiger partial charge >= 0.3 is 0 Å². The molecule has 0 unspecified atom stereocenters. The smallest absolute Gasteiger partial charge is 0.256 e. The fourth-order valence-corrected chi connectivity index (χ4v) is 4.04. The van der Waals surface area contributed by atoms with E-state index >= 15 is 0 Å². The van der Waals surface area contributed by atoms with E-state index in [-0.39, 0.29) is 5.91 Å². The molecule has 2 nitrogen and oxygen atoms in total. The maximum absolute atomic E-state index is 12.5. The Morgan fingerprint density at radius 2 is 2.05 bits per heavy atom. The molecule has 0 aliphatic heterocycles. The Balaban J connectivity index is 1.82. The number of carbonyl (C=O) groups is 1. The second-order valence-corrected chi connectivity index (χ2v) is 6.90. The zero-order chi connectivity index (χ0) is 14.8. The molecule has 0 bridgehead atoms. The highest BCUT2D eigenvalue weighted by Gasteiger charge is 2.19. The van der Waals surface area contributed by atoms with Gasteiger partial charge in [-0.25, -0.2) is 0 Å². The first-order valence-electron chi connectivity index (χ1n) is 7.32. The summed E-state index contributed by atoms with van der Waals surface area (Å²) in [4.78, 5) is 13.9. The maximum atomic E-state index is 12.5. The highest BCUT2D eigenvalue weighted by Crippen LogP contribution is 2.30. The van der Waals surface area contributed by atoms with Crippen LogP contribution in [-0.4, -0.2) is 5.91 Å². The van der Waals surface area contributed by atoms with Crippen LogP contribution < -0.4 is 5.32 Å². The van der Waals surface area contributed by atoms with E-state index in [1.165, 1.54) is 29.7 Å². The van der Waals surface area contributed by atoms with Crippen LogP contribution in [0.5, 0.6) is 0 Å². The molecule has 1 amide bonds. The Hall–Kier alpha value is -1.32. The molecular weight excluding hydrogens is 302 g/mol. The van der Waals surface area contributed by atoms with Gasteiger partial charge in [-0.1, -0.05) is 24.1 Å². The monoisotopic (exact) mass is 319 g/mol. The molecule has 1 aliphatic carbocycles. The van der Waals surface area contributed by atoms with E-state index in [9.17, 15) is 4.79 Å². The van der Waals surface area contributed by atoms with Gasteiger partial charge in [-0.3, -0.25) is 4.79 Å². The van der Waals surface area contributed by atoms with Gasteiger partial charge in [-0.05, 0) is 55.9 Å². The molecule has 1 aromatic heterocycles. The van der Waals surface area contributed by atoms with Crippen LogP contribution in [0.3, 0.4) is 0 Å². The number of aryl methyl sites for hydroxylation is 2. The Morgan fingerprint density at radius 3 is 2.86 bits per heavy atom. The number of fused-ring (bicyclic) bond motifs is 1. The van der Waals surface area contributed by atoms with Crippen LogP contribution in [0.1, 0.15) is 45.6 Å². The minimum atomic E-state index is -0.0191. The van der Waals surface area contributed by atoms with Gasteiger partial charge in [0.15, 0.2) is 0 Å². The van der Waals surface area contributed by atoms with Crippen molar-refractivity contribution in [3.05, 3.63) is 50.2 Å². The number of nitrogens with one attached hydrogen (secondary N) is 1. The van der Waals surface area contributed by atoms with E-state index in [1.807, 2.05) is 24.4 Å². The molecule has 2 aromatic rings. The number of thiophene rings is 1. The van der Waals surface area contributed by atoms with Gasteiger partial charge in [0.05, 0.1) is 5.56 Å². The predicted octanol–water partition coefficient (Wildman–Crippen LogP) is 5.23. The van der Waals surface area contributed by atoms with Gasteiger partial charge in [0, 0.05) is 21.0 Å². The van der Waals surface area contributed by atoms with Crippen LogP contribution >= 0.6 is 22.9 Å². The lowest BCUT2D eigenvalue weighted by Gasteiger charge is -2.08. The van der Waals surface area contributed by atoms with E-state index in [4.69, 9.17) is 11.6 Å². The Kier molecular flexibility index (Phi) is 4.32. The molecule has 3 rings (SSSR count). The number of rotatable bonds is 2. The second-order valence-electron chi connectivity index (χ2n) is 5.53. The van der Waals surface area contributed by atoms with Gasteiger partial charge in [0.1, 0.15) is 0 Å². The summed E-state index contributed by atoms with van der Waals surface area (Å²) in [5.41, 5.74) is 3.87. The molecule has 0 saturated carbocycles. The molecule has 21 heavy (non-hydrogen) atoms. The van der Waals surface area contributed by atoms with Gasteiger partial charge < -0.3 is 5.32 Å². The quantitative estimate of drug-likeness (QED) is 0.754. The summed E-state index contributed by atoms with van der Waals surface area (Å²) in [6.07, 6.45) is 5.82. The van der Waals surface area contributed by atoms with Crippen molar-refractivity contribution in [3.63, 3.8) is 0 Å². The number of hydrogen-bond acceptors (Lipinski definition) is 2. The molecule has 1 N–H and O–H groups in total. The summed E-state index contributed by atoms with van der Waals surface area (Å²) in [6, 6.07) is 5.62. The molecule has 0 radical (unpaired) electrons. The first kappa shape index (κ1) is 14.6. The summed E-state index contributed by atoms with van der Waals surface area (Å²) >= 11 is 7.83. The van der Waals surface area contributed by atoms with E-state index in [0.717, 1.165) is 29.7 Å². The average molecular weight is 320 g/mol. The normalized spacial score (nSPS) is 14.4. The number of carbonyl (C=O) groups excluding carboxylic acids is 1. The summed E-state index contributed by atoms with van der Waals surface area (Å²) < 4.78 is 0. The Morgan fingerprint density at radius 1 is 1.24 bits per heavy atom. The van der Waals surface area contributed by atoms with Crippen molar-refractivity contribution < 1.29 is 4.79 Å². The number of anilines is 1. The first-order chi connectivity index (χ1) is 10.1. The zero-order valence-electron chi connectivity index (χ0n) is 12.0. The van der Waals surface area contributed by atoms with Crippen molar-refractivity contribution in [2.45, 2.75) is 39.0 Å². The number of amides is 1. The maximum Gasteiger partial charge on any atom is 0.256 e. The van der Waals surface area contributed by atoms with Crippen LogP contribution in [0.4, 0.5) is 5.69 Å². The van der Waals surface area contributed by atoms with Gasteiger partial charge in [-0.15, -0.1) is 11.3 Å². The third kappa shape index (κ3) is 3.14. The van der Waals surface area contributed by atoms with E-state index in [2.05, 4.69) is 5.32 Å².